The molecule has 0 aromatic heterocycles. The molecule has 0 saturated carbocycles. The van der Waals surface area contributed by atoms with Gasteiger partial charge in [0.1, 0.15) is 11.6 Å². The predicted octanol–water partition coefficient (Wildman–Crippen LogP) is 4.26. The van der Waals surface area contributed by atoms with Crippen LogP contribution in [0, 0.1) is 11.6 Å². The monoisotopic (exact) mass is 315 g/mol. The highest BCUT2D eigenvalue weighted by atomic mass is 19.1. The van der Waals surface area contributed by atoms with Gasteiger partial charge in [0, 0.05) is 6.42 Å². The molecule has 2 aromatic carbocycles. The predicted molar refractivity (Wildman–Crippen MR) is 85.0 cm³/mol. The highest BCUT2D eigenvalue weighted by Gasteiger charge is 2.26. The summed E-state index contributed by atoms with van der Waals surface area (Å²) >= 11 is 0. The molecule has 0 aliphatic heterocycles. The van der Waals surface area contributed by atoms with Crippen LogP contribution in [0.3, 0.4) is 0 Å². The van der Waals surface area contributed by atoms with Crippen LogP contribution >= 0.6 is 0 Å². The van der Waals surface area contributed by atoms with Gasteiger partial charge >= 0.3 is 0 Å². The molecule has 0 bridgehead atoms. The summed E-state index contributed by atoms with van der Waals surface area (Å²) < 4.78 is 27.0. The minimum atomic E-state index is -0.296. The summed E-state index contributed by atoms with van der Waals surface area (Å²) in [5.41, 5.74) is 2.38. The minimum absolute atomic E-state index is 0.0703. The van der Waals surface area contributed by atoms with E-state index in [1.54, 1.807) is 12.1 Å². The van der Waals surface area contributed by atoms with Crippen molar-refractivity contribution >= 4 is 5.91 Å². The third-order valence-corrected chi connectivity index (χ3v) is 4.46. The molecule has 0 fully saturated rings. The first kappa shape index (κ1) is 15.7. The van der Waals surface area contributed by atoms with Gasteiger partial charge in [0.2, 0.25) is 5.91 Å². The molecule has 1 aliphatic rings. The molecule has 1 amide bonds. The van der Waals surface area contributed by atoms with Gasteiger partial charge in [-0.1, -0.05) is 31.2 Å². The first-order valence-electron chi connectivity index (χ1n) is 7.86. The van der Waals surface area contributed by atoms with E-state index in [0.717, 1.165) is 17.5 Å². The van der Waals surface area contributed by atoms with E-state index in [2.05, 4.69) is 5.32 Å². The molecule has 0 spiro atoms. The standard InChI is InChI=1S/C19H19F2NO/c1-12(13-4-2-5-14(20)11-13)10-19(23)22-18-9-8-15-16(18)6-3-7-17(15)21/h2-7,11-12,18H,8-10H2,1H3,(H,22,23). The highest BCUT2D eigenvalue weighted by molar-refractivity contribution is 5.77. The Morgan fingerprint density at radius 1 is 1.26 bits per heavy atom. The summed E-state index contributed by atoms with van der Waals surface area (Å²) in [6.07, 6.45) is 1.65. The van der Waals surface area contributed by atoms with Gasteiger partial charge in [-0.25, -0.2) is 8.78 Å². The lowest BCUT2D eigenvalue weighted by Crippen LogP contribution is -2.28. The fraction of sp³-hybridized carbons (Fsp3) is 0.316. The molecule has 3 rings (SSSR count). The molecule has 1 aliphatic carbocycles. The molecule has 4 heteroatoms. The van der Waals surface area contributed by atoms with E-state index in [0.29, 0.717) is 12.0 Å². The van der Waals surface area contributed by atoms with Gasteiger partial charge in [0.25, 0.3) is 0 Å². The minimum Gasteiger partial charge on any atom is -0.349 e. The quantitative estimate of drug-likeness (QED) is 0.897. The number of hydrogen-bond donors (Lipinski definition) is 1. The van der Waals surface area contributed by atoms with E-state index < -0.39 is 0 Å². The maximum atomic E-state index is 13.7. The number of hydrogen-bond acceptors (Lipinski definition) is 1. The summed E-state index contributed by atoms with van der Waals surface area (Å²) in [5, 5.41) is 2.98. The van der Waals surface area contributed by atoms with Crippen molar-refractivity contribution in [3.8, 4) is 0 Å². The van der Waals surface area contributed by atoms with E-state index in [1.807, 2.05) is 19.1 Å². The molecular weight excluding hydrogens is 296 g/mol. The molecule has 1 N–H and O–H groups in total. The Kier molecular flexibility index (Phi) is 4.42. The molecule has 2 unspecified atom stereocenters. The smallest absolute Gasteiger partial charge is 0.221 e. The van der Waals surface area contributed by atoms with E-state index in [1.165, 1.54) is 18.2 Å². The van der Waals surface area contributed by atoms with Crippen molar-refractivity contribution in [2.75, 3.05) is 0 Å². The third-order valence-electron chi connectivity index (χ3n) is 4.46. The number of carbonyl (C=O) groups is 1. The molecule has 0 heterocycles. The normalized spacial score (nSPS) is 17.6. The Hall–Kier alpha value is -2.23. The number of nitrogens with one attached hydrogen (secondary N) is 1. The van der Waals surface area contributed by atoms with Crippen LogP contribution in [0.2, 0.25) is 0 Å². The van der Waals surface area contributed by atoms with Gasteiger partial charge in [-0.2, -0.15) is 0 Å². The average molecular weight is 315 g/mol. The number of rotatable bonds is 4. The van der Waals surface area contributed by atoms with Crippen molar-refractivity contribution in [2.45, 2.75) is 38.1 Å². The van der Waals surface area contributed by atoms with E-state index in [9.17, 15) is 13.6 Å². The van der Waals surface area contributed by atoms with Gasteiger partial charge in [-0.05, 0) is 53.6 Å². The SMILES string of the molecule is CC(CC(=O)NC1CCc2c(F)cccc21)c1cccc(F)c1. The maximum absolute atomic E-state index is 13.7. The number of amides is 1. The Labute approximate surface area is 134 Å². The first-order chi connectivity index (χ1) is 11.0. The van der Waals surface area contributed by atoms with Gasteiger partial charge in [-0.15, -0.1) is 0 Å². The molecule has 2 aromatic rings. The Morgan fingerprint density at radius 2 is 2.04 bits per heavy atom. The number of carbonyl (C=O) groups excluding carboxylic acids is 1. The van der Waals surface area contributed by atoms with Crippen molar-refractivity contribution in [1.29, 1.82) is 0 Å². The summed E-state index contributed by atoms with van der Waals surface area (Å²) in [6.45, 7) is 1.90. The Balaban J connectivity index is 1.64. The highest BCUT2D eigenvalue weighted by Crippen LogP contribution is 2.33. The zero-order chi connectivity index (χ0) is 16.4. The first-order valence-corrected chi connectivity index (χ1v) is 7.86. The Morgan fingerprint density at radius 3 is 2.83 bits per heavy atom. The van der Waals surface area contributed by atoms with Crippen molar-refractivity contribution < 1.29 is 13.6 Å². The fourth-order valence-corrected chi connectivity index (χ4v) is 3.22. The third kappa shape index (κ3) is 3.41. The number of fused-ring (bicyclic) bond motifs is 1. The molecule has 0 saturated heterocycles. The van der Waals surface area contributed by atoms with Crippen LogP contribution in [0.15, 0.2) is 42.5 Å². The topological polar surface area (TPSA) is 29.1 Å². The van der Waals surface area contributed by atoms with E-state index >= 15 is 0 Å². The molecule has 2 nitrogen and oxygen atoms in total. The summed E-state index contributed by atoms with van der Waals surface area (Å²) in [4.78, 5) is 12.3. The maximum Gasteiger partial charge on any atom is 0.221 e. The number of benzene rings is 2. The average Bonchev–Trinajstić information content (AvgIpc) is 2.91. The van der Waals surface area contributed by atoms with Crippen LogP contribution in [0.1, 0.15) is 48.4 Å². The van der Waals surface area contributed by atoms with E-state index in [-0.39, 0.29) is 35.9 Å². The summed E-state index contributed by atoms with van der Waals surface area (Å²) in [5.74, 6) is -0.662. The lowest BCUT2D eigenvalue weighted by Gasteiger charge is -2.17. The summed E-state index contributed by atoms with van der Waals surface area (Å²) in [7, 11) is 0. The lowest BCUT2D eigenvalue weighted by atomic mass is 9.97. The second-order valence-corrected chi connectivity index (χ2v) is 6.13. The zero-order valence-electron chi connectivity index (χ0n) is 13.0. The van der Waals surface area contributed by atoms with Gasteiger partial charge in [0.05, 0.1) is 6.04 Å². The van der Waals surface area contributed by atoms with Gasteiger partial charge in [0.15, 0.2) is 0 Å². The second-order valence-electron chi connectivity index (χ2n) is 6.13. The largest absolute Gasteiger partial charge is 0.349 e. The van der Waals surface area contributed by atoms with Crippen molar-refractivity contribution in [3.05, 3.63) is 70.8 Å². The van der Waals surface area contributed by atoms with E-state index in [4.69, 9.17) is 0 Å². The molecule has 0 radical (unpaired) electrons. The second kappa shape index (κ2) is 6.49. The Bertz CT molecular complexity index is 729. The molecule has 23 heavy (non-hydrogen) atoms. The van der Waals surface area contributed by atoms with Crippen molar-refractivity contribution in [2.24, 2.45) is 0 Å². The molecule has 120 valence electrons. The van der Waals surface area contributed by atoms with Gasteiger partial charge in [-0.3, -0.25) is 4.79 Å². The lowest BCUT2D eigenvalue weighted by molar-refractivity contribution is -0.122. The molecular formula is C19H19F2NO. The van der Waals surface area contributed by atoms with Crippen LogP contribution in [0.4, 0.5) is 8.78 Å². The van der Waals surface area contributed by atoms with Crippen molar-refractivity contribution in [3.63, 3.8) is 0 Å². The summed E-state index contributed by atoms with van der Waals surface area (Å²) in [6, 6.07) is 11.2. The van der Waals surface area contributed by atoms with Crippen molar-refractivity contribution in [1.82, 2.24) is 5.32 Å². The van der Waals surface area contributed by atoms with Gasteiger partial charge < -0.3 is 5.32 Å². The van der Waals surface area contributed by atoms with Crippen LogP contribution in [0.25, 0.3) is 0 Å². The van der Waals surface area contributed by atoms with Crippen LogP contribution in [-0.4, -0.2) is 5.91 Å². The zero-order valence-corrected chi connectivity index (χ0v) is 13.0. The van der Waals surface area contributed by atoms with Crippen LogP contribution in [-0.2, 0) is 11.2 Å². The number of halogens is 2. The van der Waals surface area contributed by atoms with Crippen LogP contribution in [0.5, 0.6) is 0 Å². The fourth-order valence-electron chi connectivity index (χ4n) is 3.22. The molecule has 2 atom stereocenters. The van der Waals surface area contributed by atoms with Crippen LogP contribution < -0.4 is 5.32 Å².